The zero-order valence-electron chi connectivity index (χ0n) is 13.6. The van der Waals surface area contributed by atoms with Crippen molar-refractivity contribution in [2.24, 2.45) is 5.92 Å². The smallest absolute Gasteiger partial charge is 0.308 e. The number of nitro benzene ring substituents is 1. The zero-order valence-corrected chi connectivity index (χ0v) is 14.5. The number of hydrogen-bond donors (Lipinski definition) is 1. The highest BCUT2D eigenvalue weighted by Gasteiger charge is 2.42. The van der Waals surface area contributed by atoms with Gasteiger partial charge in [0, 0.05) is 44.2 Å². The molecule has 2 heterocycles. The normalized spacial score (nSPS) is 24.2. The summed E-state index contributed by atoms with van der Waals surface area (Å²) in [5.41, 5.74) is -0.203. The molecule has 10 nitrogen and oxygen atoms in total. The van der Waals surface area contributed by atoms with E-state index >= 15 is 0 Å². The summed E-state index contributed by atoms with van der Waals surface area (Å²) >= 11 is 0. The van der Waals surface area contributed by atoms with Crippen molar-refractivity contribution in [3.8, 4) is 0 Å². The maximum atomic E-state index is 12.7. The third-order valence-electron chi connectivity index (χ3n) is 4.76. The Hall–Kier alpha value is -2.53. The molecule has 2 aliphatic heterocycles. The molecule has 2 unspecified atom stereocenters. The molecule has 0 aromatic heterocycles. The highest BCUT2D eigenvalue weighted by atomic mass is 32.2. The Morgan fingerprint density at radius 3 is 2.42 bits per heavy atom. The molecule has 2 atom stereocenters. The Morgan fingerprint density at radius 2 is 1.88 bits per heavy atom. The molecule has 2 fully saturated rings. The Balaban J connectivity index is 1.72. The number of carboxylic acid groups (broad SMARTS) is 1. The number of nitrogens with zero attached hydrogens (tertiary/aromatic N) is 3. The van der Waals surface area contributed by atoms with E-state index in [9.17, 15) is 28.1 Å². The quantitative estimate of drug-likeness (QED) is 0.569. The number of likely N-dealkylation sites (tertiary alicyclic amines) is 1. The van der Waals surface area contributed by atoms with Crippen LogP contribution in [0.3, 0.4) is 0 Å². The lowest BCUT2D eigenvalue weighted by atomic mass is 10.1. The lowest BCUT2D eigenvalue weighted by Gasteiger charge is -2.24. The Kier molecular flexibility index (Phi) is 4.67. The fourth-order valence-electron chi connectivity index (χ4n) is 3.32. The average molecular weight is 383 g/mol. The standard InChI is InChI=1S/C15H17N3O7S/c19-14-7-10(15(20)21)8-17(14)12-5-6-16(9-12)26(24,25)13-3-1-11(2-4-13)18(22)23/h1-4,10,12H,5-9H2,(H,20,21). The molecule has 1 aromatic rings. The zero-order chi connectivity index (χ0) is 19.1. The third-order valence-corrected chi connectivity index (χ3v) is 6.64. The van der Waals surface area contributed by atoms with Gasteiger partial charge in [-0.05, 0) is 18.6 Å². The summed E-state index contributed by atoms with van der Waals surface area (Å²) in [6, 6.07) is 4.26. The van der Waals surface area contributed by atoms with E-state index in [1.54, 1.807) is 0 Å². The van der Waals surface area contributed by atoms with Crippen molar-refractivity contribution in [2.45, 2.75) is 23.8 Å². The number of carbonyl (C=O) groups is 2. The van der Waals surface area contributed by atoms with Crippen LogP contribution in [0.25, 0.3) is 0 Å². The van der Waals surface area contributed by atoms with Crippen LogP contribution in [0.5, 0.6) is 0 Å². The summed E-state index contributed by atoms with van der Waals surface area (Å²) in [5, 5.41) is 19.7. The number of nitro groups is 1. The van der Waals surface area contributed by atoms with Crippen molar-refractivity contribution in [2.75, 3.05) is 19.6 Å². The van der Waals surface area contributed by atoms with E-state index in [0.717, 1.165) is 12.1 Å². The first-order valence-electron chi connectivity index (χ1n) is 7.97. The van der Waals surface area contributed by atoms with Crippen LogP contribution >= 0.6 is 0 Å². The molecule has 0 saturated carbocycles. The first-order valence-corrected chi connectivity index (χ1v) is 9.41. The molecule has 3 rings (SSSR count). The van der Waals surface area contributed by atoms with Gasteiger partial charge in [-0.2, -0.15) is 4.31 Å². The number of sulfonamides is 1. The molecule has 26 heavy (non-hydrogen) atoms. The van der Waals surface area contributed by atoms with Gasteiger partial charge in [-0.3, -0.25) is 19.7 Å². The first kappa shape index (κ1) is 18.3. The van der Waals surface area contributed by atoms with Crippen LogP contribution in [0.1, 0.15) is 12.8 Å². The fraction of sp³-hybridized carbons (Fsp3) is 0.467. The van der Waals surface area contributed by atoms with Gasteiger partial charge < -0.3 is 10.0 Å². The van der Waals surface area contributed by atoms with Crippen molar-refractivity contribution in [3.63, 3.8) is 0 Å². The minimum absolute atomic E-state index is 0.0556. The number of carboxylic acids is 1. The van der Waals surface area contributed by atoms with Gasteiger partial charge in [0.15, 0.2) is 0 Å². The molecular weight excluding hydrogens is 366 g/mol. The molecule has 1 aromatic carbocycles. The highest BCUT2D eigenvalue weighted by Crippen LogP contribution is 2.28. The summed E-state index contributed by atoms with van der Waals surface area (Å²) in [4.78, 5) is 34.6. The second-order valence-electron chi connectivity index (χ2n) is 6.34. The van der Waals surface area contributed by atoms with Crippen LogP contribution in [0.4, 0.5) is 5.69 Å². The number of aliphatic carboxylic acids is 1. The van der Waals surface area contributed by atoms with Gasteiger partial charge >= 0.3 is 5.97 Å². The summed E-state index contributed by atoms with van der Waals surface area (Å²) in [7, 11) is -3.83. The van der Waals surface area contributed by atoms with E-state index in [0.29, 0.717) is 6.42 Å². The van der Waals surface area contributed by atoms with Gasteiger partial charge in [0.05, 0.1) is 15.7 Å². The molecule has 0 spiro atoms. The van der Waals surface area contributed by atoms with Crippen LogP contribution in [-0.2, 0) is 19.6 Å². The minimum atomic E-state index is -3.83. The topological polar surface area (TPSA) is 138 Å². The number of amides is 1. The first-order chi connectivity index (χ1) is 12.2. The predicted molar refractivity (Wildman–Crippen MR) is 87.7 cm³/mol. The molecule has 1 amide bonds. The summed E-state index contributed by atoms with van der Waals surface area (Å²) < 4.78 is 26.6. The van der Waals surface area contributed by atoms with Crippen LogP contribution in [0, 0.1) is 16.0 Å². The summed E-state index contributed by atoms with van der Waals surface area (Å²) in [6.07, 6.45) is 0.352. The van der Waals surface area contributed by atoms with E-state index < -0.39 is 26.8 Å². The maximum Gasteiger partial charge on any atom is 0.308 e. The lowest BCUT2D eigenvalue weighted by Crippen LogP contribution is -2.40. The minimum Gasteiger partial charge on any atom is -0.481 e. The van der Waals surface area contributed by atoms with Crippen molar-refractivity contribution < 1.29 is 28.0 Å². The van der Waals surface area contributed by atoms with E-state index in [2.05, 4.69) is 0 Å². The van der Waals surface area contributed by atoms with Crippen molar-refractivity contribution >= 4 is 27.6 Å². The van der Waals surface area contributed by atoms with Gasteiger partial charge in [0.1, 0.15) is 0 Å². The number of carbonyl (C=O) groups excluding carboxylic acids is 1. The molecular formula is C15H17N3O7S. The van der Waals surface area contributed by atoms with Gasteiger partial charge in [0.25, 0.3) is 5.69 Å². The fourth-order valence-corrected chi connectivity index (χ4v) is 4.81. The van der Waals surface area contributed by atoms with Gasteiger partial charge in [-0.25, -0.2) is 8.42 Å². The van der Waals surface area contributed by atoms with Crippen LogP contribution in [-0.4, -0.2) is 65.2 Å². The SMILES string of the molecule is O=C(O)C1CC(=O)N(C2CCN(S(=O)(=O)c3ccc([N+](=O)[O-])cc3)C2)C1. The van der Waals surface area contributed by atoms with Crippen LogP contribution < -0.4 is 0 Å². The third kappa shape index (κ3) is 3.27. The molecule has 0 radical (unpaired) electrons. The van der Waals surface area contributed by atoms with Gasteiger partial charge in [-0.15, -0.1) is 0 Å². The van der Waals surface area contributed by atoms with Crippen molar-refractivity contribution in [1.82, 2.24) is 9.21 Å². The molecule has 2 saturated heterocycles. The summed E-state index contributed by atoms with van der Waals surface area (Å²) in [6.45, 7) is 0.368. The van der Waals surface area contributed by atoms with Crippen molar-refractivity contribution in [1.29, 1.82) is 0 Å². The highest BCUT2D eigenvalue weighted by molar-refractivity contribution is 7.89. The molecule has 2 aliphatic rings. The Labute approximate surface area is 149 Å². The second kappa shape index (κ2) is 6.65. The average Bonchev–Trinajstić information content (AvgIpc) is 3.21. The molecule has 0 bridgehead atoms. The molecule has 1 N–H and O–H groups in total. The van der Waals surface area contributed by atoms with Gasteiger partial charge in [-0.1, -0.05) is 0 Å². The Morgan fingerprint density at radius 1 is 1.23 bits per heavy atom. The predicted octanol–water partition coefficient (Wildman–Crippen LogP) is 0.291. The number of rotatable bonds is 5. The van der Waals surface area contributed by atoms with Gasteiger partial charge in [0.2, 0.25) is 15.9 Å². The number of non-ortho nitro benzene ring substituents is 1. The number of benzene rings is 1. The maximum absolute atomic E-state index is 12.7. The van der Waals surface area contributed by atoms with E-state index in [1.165, 1.54) is 21.3 Å². The van der Waals surface area contributed by atoms with Crippen LogP contribution in [0.15, 0.2) is 29.2 Å². The monoisotopic (exact) mass is 383 g/mol. The van der Waals surface area contributed by atoms with Crippen molar-refractivity contribution in [3.05, 3.63) is 34.4 Å². The van der Waals surface area contributed by atoms with E-state index in [4.69, 9.17) is 5.11 Å². The summed E-state index contributed by atoms with van der Waals surface area (Å²) in [5.74, 6) is -2.07. The Bertz CT molecular complexity index is 852. The lowest BCUT2D eigenvalue weighted by molar-refractivity contribution is -0.384. The van der Waals surface area contributed by atoms with E-state index in [1.807, 2.05) is 0 Å². The number of hydrogen-bond acceptors (Lipinski definition) is 6. The van der Waals surface area contributed by atoms with Crippen LogP contribution in [0.2, 0.25) is 0 Å². The van der Waals surface area contributed by atoms with E-state index in [-0.39, 0.29) is 48.6 Å². The second-order valence-corrected chi connectivity index (χ2v) is 8.28. The molecule has 11 heteroatoms. The molecule has 0 aliphatic carbocycles. The molecule has 140 valence electrons. The largest absolute Gasteiger partial charge is 0.481 e.